The molecule has 0 aliphatic heterocycles. The van der Waals surface area contributed by atoms with Gasteiger partial charge in [0.25, 0.3) is 0 Å². The van der Waals surface area contributed by atoms with Gasteiger partial charge in [-0.3, -0.25) is 9.59 Å². The van der Waals surface area contributed by atoms with Crippen LogP contribution in [0.2, 0.25) is 0 Å². The largest absolute Gasteiger partial charge is 0.352 e. The normalized spacial score (nSPS) is 11.9. The van der Waals surface area contributed by atoms with E-state index in [9.17, 15) is 9.59 Å². The van der Waals surface area contributed by atoms with E-state index in [0.29, 0.717) is 19.4 Å². The number of amides is 2. The zero-order valence-electron chi connectivity index (χ0n) is 17.0. The molecule has 0 unspecified atom stereocenters. The van der Waals surface area contributed by atoms with Crippen molar-refractivity contribution in [2.45, 2.75) is 59.2 Å². The minimum Gasteiger partial charge on any atom is -0.352 e. The van der Waals surface area contributed by atoms with Crippen molar-refractivity contribution < 1.29 is 9.59 Å². The van der Waals surface area contributed by atoms with Crippen LogP contribution >= 0.6 is 15.9 Å². The van der Waals surface area contributed by atoms with E-state index < -0.39 is 6.04 Å². The molecule has 0 saturated heterocycles. The van der Waals surface area contributed by atoms with E-state index in [-0.39, 0.29) is 17.9 Å². The molecule has 2 amide bonds. The predicted octanol–water partition coefficient (Wildman–Crippen LogP) is 4.63. The van der Waals surface area contributed by atoms with E-state index >= 15 is 0 Å². The number of hydrogen-bond acceptors (Lipinski definition) is 2. The molecule has 1 N–H and O–H groups in total. The first-order valence-electron chi connectivity index (χ1n) is 9.66. The lowest BCUT2D eigenvalue weighted by Gasteiger charge is -2.29. The minimum absolute atomic E-state index is 0.0213. The van der Waals surface area contributed by atoms with E-state index in [4.69, 9.17) is 0 Å². The Labute approximate surface area is 176 Å². The summed E-state index contributed by atoms with van der Waals surface area (Å²) in [5, 5.41) is 2.91. The monoisotopic (exact) mass is 444 g/mol. The van der Waals surface area contributed by atoms with Crippen LogP contribution in [0, 0.1) is 6.92 Å². The summed E-state index contributed by atoms with van der Waals surface area (Å²) in [5.74, 6) is -0.152. The predicted molar refractivity (Wildman–Crippen MR) is 117 cm³/mol. The second-order valence-corrected chi connectivity index (χ2v) is 8.39. The van der Waals surface area contributed by atoms with Crippen molar-refractivity contribution >= 4 is 27.7 Å². The van der Waals surface area contributed by atoms with Crippen LogP contribution < -0.4 is 5.32 Å². The Hall–Kier alpha value is -2.14. The molecule has 150 valence electrons. The fraction of sp³-hybridized carbons (Fsp3) is 0.391. The molecule has 0 aliphatic rings. The Balaban J connectivity index is 2.14. The number of rotatable bonds is 8. The number of benzene rings is 2. The topological polar surface area (TPSA) is 49.4 Å². The van der Waals surface area contributed by atoms with Gasteiger partial charge in [-0.1, -0.05) is 57.9 Å². The second kappa shape index (κ2) is 10.4. The standard InChI is InChI=1S/C23H29BrN2O2/c1-16(2)25-23(28)18(4)26(15-20-6-5-7-21(24)14-20)22(27)13-12-19-10-8-17(3)9-11-19/h5-11,14,16,18H,12-13,15H2,1-4H3,(H,25,28)/t18-/m1/s1. The van der Waals surface area contributed by atoms with Gasteiger partial charge in [0.05, 0.1) is 0 Å². The number of carbonyl (C=O) groups is 2. The molecule has 4 nitrogen and oxygen atoms in total. The lowest BCUT2D eigenvalue weighted by atomic mass is 10.1. The molecule has 0 fully saturated rings. The second-order valence-electron chi connectivity index (χ2n) is 7.48. The van der Waals surface area contributed by atoms with Gasteiger partial charge >= 0.3 is 0 Å². The summed E-state index contributed by atoms with van der Waals surface area (Å²) in [7, 11) is 0. The van der Waals surface area contributed by atoms with E-state index in [1.807, 2.05) is 45.0 Å². The van der Waals surface area contributed by atoms with Gasteiger partial charge in [-0.2, -0.15) is 0 Å². The van der Waals surface area contributed by atoms with Gasteiger partial charge in [0.2, 0.25) is 11.8 Å². The van der Waals surface area contributed by atoms with Crippen molar-refractivity contribution in [1.29, 1.82) is 0 Å². The maximum Gasteiger partial charge on any atom is 0.242 e. The molecule has 5 heteroatoms. The number of nitrogens with zero attached hydrogens (tertiary/aromatic N) is 1. The van der Waals surface area contributed by atoms with Crippen LogP contribution in [0.15, 0.2) is 53.0 Å². The van der Waals surface area contributed by atoms with E-state index in [2.05, 4.69) is 45.5 Å². The summed E-state index contributed by atoms with van der Waals surface area (Å²) in [6.07, 6.45) is 1.03. The third-order valence-corrected chi connectivity index (χ3v) is 5.08. The van der Waals surface area contributed by atoms with Crippen molar-refractivity contribution in [3.8, 4) is 0 Å². The molecule has 0 aliphatic carbocycles. The van der Waals surface area contributed by atoms with Crippen LogP contribution in [0.5, 0.6) is 0 Å². The number of nitrogens with one attached hydrogen (secondary N) is 1. The van der Waals surface area contributed by atoms with Gasteiger partial charge in [0.15, 0.2) is 0 Å². The van der Waals surface area contributed by atoms with E-state index in [1.165, 1.54) is 5.56 Å². The first-order valence-corrected chi connectivity index (χ1v) is 10.5. The zero-order valence-corrected chi connectivity index (χ0v) is 18.6. The SMILES string of the molecule is Cc1ccc(CCC(=O)N(Cc2cccc(Br)c2)[C@H](C)C(=O)NC(C)C)cc1. The molecule has 2 rings (SSSR count). The van der Waals surface area contributed by atoms with Crippen LogP contribution in [-0.2, 0) is 22.6 Å². The van der Waals surface area contributed by atoms with Gasteiger partial charge in [-0.25, -0.2) is 0 Å². The first kappa shape index (κ1) is 22.2. The van der Waals surface area contributed by atoms with Crippen molar-refractivity contribution in [1.82, 2.24) is 10.2 Å². The summed E-state index contributed by atoms with van der Waals surface area (Å²) < 4.78 is 0.955. The third-order valence-electron chi connectivity index (χ3n) is 4.59. The van der Waals surface area contributed by atoms with Crippen molar-refractivity contribution in [2.24, 2.45) is 0 Å². The molecule has 2 aromatic carbocycles. The summed E-state index contributed by atoms with van der Waals surface area (Å²) in [6, 6.07) is 15.5. The Morgan fingerprint density at radius 1 is 1.04 bits per heavy atom. The quantitative estimate of drug-likeness (QED) is 0.644. The number of aryl methyl sites for hydroxylation is 2. The molecule has 28 heavy (non-hydrogen) atoms. The molecule has 0 radical (unpaired) electrons. The van der Waals surface area contributed by atoms with Crippen molar-refractivity contribution in [3.05, 3.63) is 69.7 Å². The Morgan fingerprint density at radius 2 is 1.71 bits per heavy atom. The maximum absolute atomic E-state index is 13.0. The number of hydrogen-bond donors (Lipinski definition) is 1. The Morgan fingerprint density at radius 3 is 2.32 bits per heavy atom. The van der Waals surface area contributed by atoms with Gasteiger partial charge in [-0.05, 0) is 57.4 Å². The fourth-order valence-electron chi connectivity index (χ4n) is 2.97. The molecule has 1 atom stereocenters. The van der Waals surface area contributed by atoms with Gasteiger partial charge in [0.1, 0.15) is 6.04 Å². The van der Waals surface area contributed by atoms with Crippen LogP contribution in [0.3, 0.4) is 0 Å². The minimum atomic E-state index is -0.535. The third kappa shape index (κ3) is 6.79. The summed E-state index contributed by atoms with van der Waals surface area (Å²) in [5.41, 5.74) is 3.31. The molecule has 0 spiro atoms. The van der Waals surface area contributed by atoms with Gasteiger partial charge in [0, 0.05) is 23.5 Å². The average molecular weight is 445 g/mol. The molecule has 0 aromatic heterocycles. The first-order chi connectivity index (χ1) is 13.3. The van der Waals surface area contributed by atoms with Crippen LogP contribution in [0.4, 0.5) is 0 Å². The number of carbonyl (C=O) groups excluding carboxylic acids is 2. The highest BCUT2D eigenvalue weighted by molar-refractivity contribution is 9.10. The summed E-state index contributed by atoms with van der Waals surface area (Å²) in [6.45, 7) is 8.08. The highest BCUT2D eigenvalue weighted by Gasteiger charge is 2.26. The van der Waals surface area contributed by atoms with Crippen molar-refractivity contribution in [3.63, 3.8) is 0 Å². The van der Waals surface area contributed by atoms with Crippen LogP contribution in [0.1, 0.15) is 43.9 Å². The smallest absolute Gasteiger partial charge is 0.242 e. The lowest BCUT2D eigenvalue weighted by molar-refractivity contribution is -0.140. The van der Waals surface area contributed by atoms with Crippen LogP contribution in [0.25, 0.3) is 0 Å². The Bertz CT molecular complexity index is 803. The average Bonchev–Trinajstić information content (AvgIpc) is 2.64. The van der Waals surface area contributed by atoms with E-state index in [0.717, 1.165) is 15.6 Å². The van der Waals surface area contributed by atoms with E-state index in [1.54, 1.807) is 11.8 Å². The fourth-order valence-corrected chi connectivity index (χ4v) is 3.42. The molecule has 0 saturated carbocycles. The molecule has 0 heterocycles. The highest BCUT2D eigenvalue weighted by Crippen LogP contribution is 2.17. The molecule has 0 bridgehead atoms. The highest BCUT2D eigenvalue weighted by atomic mass is 79.9. The zero-order chi connectivity index (χ0) is 20.7. The molecule has 2 aromatic rings. The summed E-state index contributed by atoms with van der Waals surface area (Å²) >= 11 is 3.47. The van der Waals surface area contributed by atoms with Gasteiger partial charge in [-0.15, -0.1) is 0 Å². The van der Waals surface area contributed by atoms with Crippen LogP contribution in [-0.4, -0.2) is 28.8 Å². The summed E-state index contributed by atoms with van der Waals surface area (Å²) in [4.78, 5) is 27.3. The molecular weight excluding hydrogens is 416 g/mol. The number of halogens is 1. The maximum atomic E-state index is 13.0. The Kier molecular flexibility index (Phi) is 8.24. The lowest BCUT2D eigenvalue weighted by Crippen LogP contribution is -2.49. The van der Waals surface area contributed by atoms with Gasteiger partial charge < -0.3 is 10.2 Å². The molecular formula is C23H29BrN2O2. The van der Waals surface area contributed by atoms with Crippen molar-refractivity contribution in [2.75, 3.05) is 0 Å².